The SMILES string of the molecule is C=CCCC(=O)O[C@@H]1C(COC2OC(COC)[C@@H](OP(=O)(OCC=C)OCC=C)C(OCCC(CCCCCCC)OC)[C@H]2NC(=O)CCCCCCCCC/C=C\CCCCCC)OC(OP(=O)(OCC=C)OCC=C)[C@H](NC(=O)CC(=O)CCCCCCCCCCC)C1OCCCCCCCCCC. The van der Waals surface area contributed by atoms with Crippen LogP contribution in [0.3, 0.4) is 0 Å². The maximum Gasteiger partial charge on any atom is 0.477 e. The molecular weight excluding hydrogens is 1410 g/mol. The van der Waals surface area contributed by atoms with Gasteiger partial charge in [-0.25, -0.2) is 9.13 Å². The minimum Gasteiger partial charge on any atom is -0.457 e. The molecule has 107 heavy (non-hydrogen) atoms. The van der Waals surface area contributed by atoms with Crippen LogP contribution in [0.1, 0.15) is 297 Å². The van der Waals surface area contributed by atoms with Crippen LogP contribution in [0.5, 0.6) is 0 Å². The molecule has 0 saturated carbocycles. The average molecular weight is 1560 g/mol. The first-order valence-corrected chi connectivity index (χ1v) is 44.3. The summed E-state index contributed by atoms with van der Waals surface area (Å²) in [6, 6.07) is -2.73. The Morgan fingerprint density at radius 1 is 0.421 bits per heavy atom. The van der Waals surface area contributed by atoms with E-state index in [0.717, 1.165) is 161 Å². The van der Waals surface area contributed by atoms with Gasteiger partial charge >= 0.3 is 21.6 Å². The highest BCUT2D eigenvalue weighted by Gasteiger charge is 2.55. The number of esters is 1. The number of nitrogens with one attached hydrogen (secondary N) is 2. The lowest BCUT2D eigenvalue weighted by molar-refractivity contribution is -0.302. The topological polar surface area (TPSA) is 256 Å². The molecule has 24 heteroatoms. The fourth-order valence-electron chi connectivity index (χ4n) is 13.0. The lowest BCUT2D eigenvalue weighted by Crippen LogP contribution is -2.68. The molecular formula is C83H148N2O20P2. The van der Waals surface area contributed by atoms with Crippen LogP contribution >= 0.6 is 15.6 Å². The first kappa shape index (κ1) is 99.5. The molecule has 22 nitrogen and oxygen atoms in total. The number of ether oxygens (including phenoxy) is 8. The van der Waals surface area contributed by atoms with Gasteiger partial charge in [0.2, 0.25) is 11.8 Å². The summed E-state index contributed by atoms with van der Waals surface area (Å²) in [5.41, 5.74) is 0. The van der Waals surface area contributed by atoms with Crippen molar-refractivity contribution in [2.24, 2.45) is 0 Å². The Hall–Kier alpha value is -3.54. The molecule has 2 saturated heterocycles. The fraction of sp³-hybridized carbons (Fsp3) is 0.807. The second-order valence-electron chi connectivity index (χ2n) is 28.4. The van der Waals surface area contributed by atoms with Crippen LogP contribution < -0.4 is 10.6 Å². The number of amides is 2. The summed E-state index contributed by atoms with van der Waals surface area (Å²) < 4.78 is 119. The van der Waals surface area contributed by atoms with Crippen LogP contribution in [0.25, 0.3) is 0 Å². The highest BCUT2D eigenvalue weighted by Crippen LogP contribution is 2.54. The van der Waals surface area contributed by atoms with Crippen molar-refractivity contribution < 1.29 is 93.3 Å². The second-order valence-corrected chi connectivity index (χ2v) is 31.6. The predicted molar refractivity (Wildman–Crippen MR) is 426 cm³/mol. The summed E-state index contributed by atoms with van der Waals surface area (Å²) in [5.74, 6) is -2.05. The third-order valence-electron chi connectivity index (χ3n) is 19.0. The van der Waals surface area contributed by atoms with E-state index in [-0.39, 0.29) is 89.7 Å². The van der Waals surface area contributed by atoms with Crippen LogP contribution in [-0.2, 0) is 93.3 Å². The zero-order valence-corrected chi connectivity index (χ0v) is 69.1. The molecule has 620 valence electrons. The fourth-order valence-corrected chi connectivity index (χ4v) is 15.5. The predicted octanol–water partition coefficient (Wildman–Crippen LogP) is 20.0. The summed E-state index contributed by atoms with van der Waals surface area (Å²) in [4.78, 5) is 57.3. The first-order chi connectivity index (χ1) is 52.1. The zero-order valence-electron chi connectivity index (χ0n) is 67.3. The van der Waals surface area contributed by atoms with Gasteiger partial charge in [-0.1, -0.05) is 250 Å². The Morgan fingerprint density at radius 2 is 0.850 bits per heavy atom. The van der Waals surface area contributed by atoms with Crippen molar-refractivity contribution in [3.63, 3.8) is 0 Å². The minimum atomic E-state index is -4.71. The van der Waals surface area contributed by atoms with E-state index >= 15 is 0 Å². The number of phosphoric acid groups is 2. The summed E-state index contributed by atoms with van der Waals surface area (Å²) in [7, 11) is -6.14. The molecule has 0 bridgehead atoms. The molecule has 7 unspecified atom stereocenters. The van der Waals surface area contributed by atoms with Gasteiger partial charge in [-0.15, -0.1) is 32.9 Å². The molecule has 2 heterocycles. The first-order valence-electron chi connectivity index (χ1n) is 41.4. The number of Topliss-reactive ketones (excluding diaryl/α,β-unsaturated/α-hetero) is 1. The Kier molecular flexibility index (Phi) is 61.4. The molecule has 0 aromatic rings. The number of unbranched alkanes of at least 4 members (excludes halogenated alkanes) is 30. The second kappa shape index (κ2) is 66.0. The maximum absolute atomic E-state index is 14.9. The summed E-state index contributed by atoms with van der Waals surface area (Å²) in [6.07, 6.45) is 37.8. The van der Waals surface area contributed by atoms with Crippen LogP contribution in [-0.4, -0.2) is 158 Å². The third kappa shape index (κ3) is 46.9. The summed E-state index contributed by atoms with van der Waals surface area (Å²) in [6.45, 7) is 25.9. The molecule has 2 N–H and O–H groups in total. The molecule has 0 aliphatic carbocycles. The van der Waals surface area contributed by atoms with Crippen molar-refractivity contribution in [2.45, 2.75) is 365 Å². The number of allylic oxidation sites excluding steroid dienone is 3. The van der Waals surface area contributed by atoms with E-state index in [2.05, 4.69) is 83.4 Å². The lowest BCUT2D eigenvalue weighted by Gasteiger charge is -2.48. The molecule has 0 spiro atoms. The normalized spacial score (nSPS) is 20.7. The molecule has 2 aliphatic rings. The van der Waals surface area contributed by atoms with E-state index in [1.165, 1.54) is 82.8 Å². The van der Waals surface area contributed by atoms with Crippen LogP contribution in [0.2, 0.25) is 0 Å². The number of hydrogen-bond donors (Lipinski definition) is 2. The van der Waals surface area contributed by atoms with Gasteiger partial charge in [0.15, 0.2) is 18.7 Å². The largest absolute Gasteiger partial charge is 0.477 e. The van der Waals surface area contributed by atoms with E-state index in [4.69, 9.17) is 65.0 Å². The van der Waals surface area contributed by atoms with Crippen molar-refractivity contribution in [3.05, 3.63) is 75.4 Å². The number of phosphoric ester groups is 2. The van der Waals surface area contributed by atoms with Gasteiger partial charge in [0.05, 0.1) is 52.2 Å². The molecule has 2 amide bonds. The van der Waals surface area contributed by atoms with Crippen molar-refractivity contribution in [1.29, 1.82) is 0 Å². The van der Waals surface area contributed by atoms with E-state index in [9.17, 15) is 28.3 Å². The molecule has 0 aromatic heterocycles. The van der Waals surface area contributed by atoms with E-state index in [1.54, 1.807) is 13.2 Å². The minimum absolute atomic E-state index is 0.0582. The van der Waals surface area contributed by atoms with Crippen molar-refractivity contribution in [3.8, 4) is 0 Å². The Labute approximate surface area is 647 Å². The number of carbonyl (C=O) groups is 4. The van der Waals surface area contributed by atoms with Gasteiger partial charge < -0.3 is 48.5 Å². The van der Waals surface area contributed by atoms with Gasteiger partial charge in [0.25, 0.3) is 0 Å². The van der Waals surface area contributed by atoms with Gasteiger partial charge in [-0.2, -0.15) is 0 Å². The standard InChI is InChI=1S/C83H148N2O20P2/c1-12-21-26-30-33-36-37-38-39-40-41-43-45-49-53-57-73(87)84-76-81(95-65-59-70(93-11)56-52-47-29-24-15-4)79(104-106(90,97-60-17-6)98-61-18-7)71(67-92-10)101-82(76)96-68-72-78(103-75(89)58-25-16-5)80(94-64-54-50-46-35-32-28-23-14-3)77(83(102-72)105-107(91,99-62-19-8)100-63-20-9)85-74(88)66-69(86)55-51-48-44-42-34-31-27-22-13-2/h16-20,36-37,70-72,76-83H,5-9,12-15,21-35,38-68H2,1-4,10-11H3,(H,84,87)(H,85,88)/b37-36-/t70?,71?,72?,76-,77-,78-,79-,80?,81?,82?,83?/m1/s1. The Morgan fingerprint density at radius 3 is 1.36 bits per heavy atom. The third-order valence-corrected chi connectivity index (χ3v) is 21.8. The lowest BCUT2D eigenvalue weighted by atomic mass is 9.95. The molecule has 2 aliphatic heterocycles. The maximum atomic E-state index is 14.9. The van der Waals surface area contributed by atoms with E-state index in [1.807, 2.05) is 0 Å². The van der Waals surface area contributed by atoms with E-state index < -0.39 is 102 Å². The summed E-state index contributed by atoms with van der Waals surface area (Å²) in [5, 5.41) is 6.13. The highest BCUT2D eigenvalue weighted by atomic mass is 31.2. The molecule has 2 rings (SSSR count). The average Bonchev–Trinajstić information content (AvgIpc) is 0.778. The van der Waals surface area contributed by atoms with Crippen molar-refractivity contribution >= 4 is 39.2 Å². The highest BCUT2D eigenvalue weighted by molar-refractivity contribution is 7.48. The number of hydrogen-bond acceptors (Lipinski definition) is 20. The quantitative estimate of drug-likeness (QED) is 0.0189. The number of methoxy groups -OCH3 is 2. The van der Waals surface area contributed by atoms with Gasteiger partial charge in [0.1, 0.15) is 48.4 Å². The van der Waals surface area contributed by atoms with E-state index in [0.29, 0.717) is 25.7 Å². The van der Waals surface area contributed by atoms with Crippen LogP contribution in [0, 0.1) is 0 Å². The Balaban J connectivity index is 2.92. The smallest absolute Gasteiger partial charge is 0.457 e. The van der Waals surface area contributed by atoms with Gasteiger partial charge in [-0.3, -0.25) is 46.3 Å². The molecule has 11 atom stereocenters. The Bertz CT molecular complexity index is 2420. The van der Waals surface area contributed by atoms with Crippen molar-refractivity contribution in [2.75, 3.05) is 67.1 Å². The zero-order chi connectivity index (χ0) is 78.3. The number of carbonyl (C=O) groups excluding carboxylic acids is 4. The molecule has 2 fully saturated rings. The molecule has 0 radical (unpaired) electrons. The number of ketones is 1. The monoisotopic (exact) mass is 1560 g/mol. The van der Waals surface area contributed by atoms with Crippen molar-refractivity contribution in [1.82, 2.24) is 10.6 Å². The van der Waals surface area contributed by atoms with Gasteiger partial charge in [-0.05, 0) is 64.2 Å². The molecule has 0 aromatic carbocycles. The number of rotatable bonds is 75. The van der Waals surface area contributed by atoms with Crippen LogP contribution in [0.4, 0.5) is 0 Å². The van der Waals surface area contributed by atoms with Crippen LogP contribution in [0.15, 0.2) is 75.4 Å². The summed E-state index contributed by atoms with van der Waals surface area (Å²) >= 11 is 0. The van der Waals surface area contributed by atoms with Gasteiger partial charge in [0, 0.05) is 46.7 Å².